The molecule has 1 N–H and O–H groups in total. The molecular formula is C20H24N6O. The molecule has 4 heterocycles. The summed E-state index contributed by atoms with van der Waals surface area (Å²) in [5.41, 5.74) is 5.80. The van der Waals surface area contributed by atoms with E-state index in [9.17, 15) is 4.79 Å². The predicted octanol–water partition coefficient (Wildman–Crippen LogP) is 2.22. The number of aromatic nitrogens is 5. The fraction of sp³-hybridized carbons (Fsp3) is 0.400. The molecule has 4 rings (SSSR count). The standard InChI is InChI=1S/C20H24N6O/c1-4-26-14(3)15(13(2)24-26)11-25-10-8-17-16(12-25)20(27)23-19(22-17)18-7-5-6-9-21-18/h5-7,9H,4,8,10-12H2,1-3H3,(H,22,23,27). The summed E-state index contributed by atoms with van der Waals surface area (Å²) in [7, 11) is 0. The molecule has 0 unspecified atom stereocenters. The molecular weight excluding hydrogens is 340 g/mol. The lowest BCUT2D eigenvalue weighted by Crippen LogP contribution is -2.35. The van der Waals surface area contributed by atoms with Gasteiger partial charge in [-0.3, -0.25) is 19.4 Å². The fourth-order valence-electron chi connectivity index (χ4n) is 3.73. The van der Waals surface area contributed by atoms with Gasteiger partial charge in [0.15, 0.2) is 5.82 Å². The van der Waals surface area contributed by atoms with Gasteiger partial charge in [-0.2, -0.15) is 5.10 Å². The van der Waals surface area contributed by atoms with E-state index in [0.717, 1.165) is 43.0 Å². The van der Waals surface area contributed by atoms with Gasteiger partial charge in [-0.1, -0.05) is 6.07 Å². The molecule has 0 amide bonds. The van der Waals surface area contributed by atoms with E-state index in [1.807, 2.05) is 22.9 Å². The van der Waals surface area contributed by atoms with Crippen LogP contribution in [0.5, 0.6) is 0 Å². The van der Waals surface area contributed by atoms with Crippen molar-refractivity contribution in [2.45, 2.75) is 46.8 Å². The molecule has 0 saturated heterocycles. The normalized spacial score (nSPS) is 14.3. The molecule has 0 bridgehead atoms. The Balaban J connectivity index is 1.59. The van der Waals surface area contributed by atoms with Crippen molar-refractivity contribution in [2.24, 2.45) is 0 Å². The molecule has 0 spiro atoms. The first kappa shape index (κ1) is 17.6. The number of nitrogens with one attached hydrogen (secondary N) is 1. The Labute approximate surface area is 158 Å². The number of rotatable bonds is 4. The van der Waals surface area contributed by atoms with E-state index >= 15 is 0 Å². The highest BCUT2D eigenvalue weighted by molar-refractivity contribution is 5.49. The third-order valence-corrected chi connectivity index (χ3v) is 5.27. The Morgan fingerprint density at radius 1 is 1.26 bits per heavy atom. The van der Waals surface area contributed by atoms with Crippen LogP contribution in [-0.4, -0.2) is 36.2 Å². The second kappa shape index (κ2) is 7.08. The minimum atomic E-state index is -0.0666. The van der Waals surface area contributed by atoms with Crippen LogP contribution in [0.3, 0.4) is 0 Å². The van der Waals surface area contributed by atoms with Crippen molar-refractivity contribution in [3.05, 3.63) is 63.0 Å². The predicted molar refractivity (Wildman–Crippen MR) is 103 cm³/mol. The number of pyridine rings is 1. The Morgan fingerprint density at radius 3 is 2.81 bits per heavy atom. The second-order valence-corrected chi connectivity index (χ2v) is 6.98. The molecule has 0 radical (unpaired) electrons. The van der Waals surface area contributed by atoms with Gasteiger partial charge in [-0.15, -0.1) is 0 Å². The van der Waals surface area contributed by atoms with Gasteiger partial charge in [0, 0.05) is 50.1 Å². The van der Waals surface area contributed by atoms with Crippen molar-refractivity contribution in [1.29, 1.82) is 0 Å². The molecule has 0 fully saturated rings. The van der Waals surface area contributed by atoms with E-state index in [4.69, 9.17) is 0 Å². The van der Waals surface area contributed by atoms with Crippen molar-refractivity contribution in [3.8, 4) is 11.5 Å². The van der Waals surface area contributed by atoms with Crippen LogP contribution in [0.15, 0.2) is 29.2 Å². The Morgan fingerprint density at radius 2 is 2.11 bits per heavy atom. The van der Waals surface area contributed by atoms with E-state index in [1.165, 1.54) is 11.3 Å². The van der Waals surface area contributed by atoms with Gasteiger partial charge in [0.05, 0.1) is 17.0 Å². The number of nitrogens with zero attached hydrogens (tertiary/aromatic N) is 5. The van der Waals surface area contributed by atoms with Crippen molar-refractivity contribution >= 4 is 0 Å². The summed E-state index contributed by atoms with van der Waals surface area (Å²) in [6, 6.07) is 5.60. The maximum absolute atomic E-state index is 12.7. The van der Waals surface area contributed by atoms with Gasteiger partial charge in [0.25, 0.3) is 5.56 Å². The van der Waals surface area contributed by atoms with Crippen molar-refractivity contribution in [3.63, 3.8) is 0 Å². The van der Waals surface area contributed by atoms with Crippen LogP contribution in [0.4, 0.5) is 0 Å². The smallest absolute Gasteiger partial charge is 0.255 e. The van der Waals surface area contributed by atoms with Crippen LogP contribution in [0.1, 0.15) is 35.1 Å². The highest BCUT2D eigenvalue weighted by atomic mass is 16.1. The number of aryl methyl sites for hydroxylation is 2. The maximum atomic E-state index is 12.7. The maximum Gasteiger partial charge on any atom is 0.255 e. The largest absolute Gasteiger partial charge is 0.305 e. The Hall–Kier alpha value is -2.80. The summed E-state index contributed by atoms with van der Waals surface area (Å²) in [6.07, 6.45) is 2.47. The zero-order chi connectivity index (χ0) is 19.0. The minimum absolute atomic E-state index is 0.0666. The summed E-state index contributed by atoms with van der Waals surface area (Å²) in [4.78, 5) is 26.8. The quantitative estimate of drug-likeness (QED) is 0.768. The van der Waals surface area contributed by atoms with E-state index in [1.54, 1.807) is 6.20 Å². The second-order valence-electron chi connectivity index (χ2n) is 6.98. The summed E-state index contributed by atoms with van der Waals surface area (Å²) >= 11 is 0. The fourth-order valence-corrected chi connectivity index (χ4v) is 3.73. The molecule has 0 atom stereocenters. The minimum Gasteiger partial charge on any atom is -0.305 e. The molecule has 27 heavy (non-hydrogen) atoms. The summed E-state index contributed by atoms with van der Waals surface area (Å²) in [6.45, 7) is 9.43. The zero-order valence-corrected chi connectivity index (χ0v) is 16.0. The van der Waals surface area contributed by atoms with Crippen molar-refractivity contribution < 1.29 is 0 Å². The molecule has 7 heteroatoms. The zero-order valence-electron chi connectivity index (χ0n) is 16.0. The molecule has 1 aliphatic heterocycles. The molecule has 7 nitrogen and oxygen atoms in total. The molecule has 0 saturated carbocycles. The lowest BCUT2D eigenvalue weighted by atomic mass is 10.1. The average molecular weight is 364 g/mol. The molecule has 140 valence electrons. The van der Waals surface area contributed by atoms with Gasteiger partial charge in [0.1, 0.15) is 5.69 Å². The van der Waals surface area contributed by atoms with Crippen LogP contribution in [0.2, 0.25) is 0 Å². The van der Waals surface area contributed by atoms with Crippen LogP contribution in [-0.2, 0) is 26.1 Å². The van der Waals surface area contributed by atoms with Crippen LogP contribution < -0.4 is 5.56 Å². The van der Waals surface area contributed by atoms with Crippen LogP contribution >= 0.6 is 0 Å². The van der Waals surface area contributed by atoms with Crippen LogP contribution in [0.25, 0.3) is 11.5 Å². The lowest BCUT2D eigenvalue weighted by molar-refractivity contribution is 0.241. The van der Waals surface area contributed by atoms with Gasteiger partial charge >= 0.3 is 0 Å². The Bertz CT molecular complexity index is 1020. The summed E-state index contributed by atoms with van der Waals surface area (Å²) in [5, 5.41) is 4.60. The first-order valence-electron chi connectivity index (χ1n) is 9.35. The average Bonchev–Trinajstić information content (AvgIpc) is 2.96. The summed E-state index contributed by atoms with van der Waals surface area (Å²) in [5.74, 6) is 0.545. The first-order valence-corrected chi connectivity index (χ1v) is 9.35. The Kier molecular flexibility index (Phi) is 4.61. The van der Waals surface area contributed by atoms with Gasteiger partial charge < -0.3 is 4.98 Å². The number of aromatic amines is 1. The van der Waals surface area contributed by atoms with Gasteiger partial charge in [-0.05, 0) is 32.9 Å². The topological polar surface area (TPSA) is 79.7 Å². The van der Waals surface area contributed by atoms with Crippen molar-refractivity contribution in [1.82, 2.24) is 29.6 Å². The SMILES string of the molecule is CCn1nc(C)c(CN2CCc3nc(-c4ccccn4)[nH]c(=O)c3C2)c1C. The number of H-pyrrole nitrogens is 1. The highest BCUT2D eigenvalue weighted by Crippen LogP contribution is 2.21. The molecule has 3 aromatic heterocycles. The molecule has 0 aliphatic carbocycles. The summed E-state index contributed by atoms with van der Waals surface area (Å²) < 4.78 is 2.04. The van der Waals surface area contributed by atoms with Gasteiger partial charge in [-0.25, -0.2) is 4.98 Å². The van der Waals surface area contributed by atoms with E-state index in [2.05, 4.69) is 45.7 Å². The molecule has 1 aliphatic rings. The monoisotopic (exact) mass is 364 g/mol. The number of hydrogen-bond acceptors (Lipinski definition) is 5. The van der Waals surface area contributed by atoms with E-state index in [0.29, 0.717) is 18.1 Å². The lowest BCUT2D eigenvalue weighted by Gasteiger charge is -2.27. The number of fused-ring (bicyclic) bond motifs is 1. The molecule has 3 aromatic rings. The third-order valence-electron chi connectivity index (χ3n) is 5.27. The van der Waals surface area contributed by atoms with Gasteiger partial charge in [0.2, 0.25) is 0 Å². The van der Waals surface area contributed by atoms with Crippen LogP contribution in [0, 0.1) is 13.8 Å². The van der Waals surface area contributed by atoms with Crippen molar-refractivity contribution in [2.75, 3.05) is 6.54 Å². The third kappa shape index (κ3) is 3.30. The first-order chi connectivity index (χ1) is 13.1. The van der Waals surface area contributed by atoms with E-state index in [-0.39, 0.29) is 5.56 Å². The van der Waals surface area contributed by atoms with E-state index < -0.39 is 0 Å². The number of hydrogen-bond donors (Lipinski definition) is 1. The molecule has 0 aromatic carbocycles. The highest BCUT2D eigenvalue weighted by Gasteiger charge is 2.23.